The predicted molar refractivity (Wildman–Crippen MR) is 97.4 cm³/mol. The highest BCUT2D eigenvalue weighted by Crippen LogP contribution is 2.23. The number of benzene rings is 2. The number of phenolic OH excluding ortho intramolecular Hbond substituents is 1. The van der Waals surface area contributed by atoms with Gasteiger partial charge in [0, 0.05) is 13.1 Å². The van der Waals surface area contributed by atoms with Crippen LogP contribution in [0.25, 0.3) is 0 Å². The number of carbonyl (C=O) groups is 2. The lowest BCUT2D eigenvalue weighted by molar-refractivity contribution is -0.153. The van der Waals surface area contributed by atoms with Crippen molar-refractivity contribution < 1.29 is 24.9 Å². The van der Waals surface area contributed by atoms with E-state index >= 15 is 0 Å². The van der Waals surface area contributed by atoms with Crippen LogP contribution in [0.2, 0.25) is 0 Å². The Morgan fingerprint density at radius 1 is 0.963 bits per heavy atom. The molecule has 2 aromatic carbocycles. The summed E-state index contributed by atoms with van der Waals surface area (Å²) >= 11 is 0. The number of amides is 2. The summed E-state index contributed by atoms with van der Waals surface area (Å²) in [6.07, 6.45) is -3.72. The van der Waals surface area contributed by atoms with Gasteiger partial charge >= 0.3 is 0 Å². The van der Waals surface area contributed by atoms with Gasteiger partial charge in [-0.3, -0.25) is 9.59 Å². The Kier molecular flexibility index (Phi) is 5.43. The summed E-state index contributed by atoms with van der Waals surface area (Å²) in [4.78, 5) is 26.1. The van der Waals surface area contributed by atoms with Gasteiger partial charge in [0.05, 0.1) is 6.04 Å². The molecule has 3 atom stereocenters. The molecule has 27 heavy (non-hydrogen) atoms. The zero-order valence-electron chi connectivity index (χ0n) is 14.9. The van der Waals surface area contributed by atoms with E-state index in [-0.39, 0.29) is 5.75 Å². The van der Waals surface area contributed by atoms with Gasteiger partial charge in [0.25, 0.3) is 11.8 Å². The molecule has 142 valence electrons. The average Bonchev–Trinajstić information content (AvgIpc) is 3.10. The second kappa shape index (κ2) is 7.77. The molecule has 2 amide bonds. The number of carbonyl (C=O) groups excluding carboxylic acids is 2. The van der Waals surface area contributed by atoms with Crippen LogP contribution in [-0.2, 0) is 22.7 Å². The molecule has 0 bridgehead atoms. The highest BCUT2D eigenvalue weighted by molar-refractivity contribution is 5.91. The smallest absolute Gasteiger partial charge is 0.255 e. The van der Waals surface area contributed by atoms with E-state index in [1.807, 2.05) is 24.3 Å². The molecule has 0 aliphatic carbocycles. The van der Waals surface area contributed by atoms with Gasteiger partial charge < -0.3 is 25.5 Å². The van der Waals surface area contributed by atoms with E-state index in [9.17, 15) is 24.9 Å². The van der Waals surface area contributed by atoms with Crippen LogP contribution in [0.5, 0.6) is 5.75 Å². The van der Waals surface area contributed by atoms with Gasteiger partial charge in [-0.1, -0.05) is 36.4 Å². The first-order valence-corrected chi connectivity index (χ1v) is 8.68. The lowest BCUT2D eigenvalue weighted by Gasteiger charge is -2.24. The molecule has 0 saturated carbocycles. The molecule has 0 fully saturated rings. The molecular formula is C20H22N2O5. The molecule has 0 aromatic heterocycles. The number of aliphatic hydroxyl groups excluding tert-OH is 2. The van der Waals surface area contributed by atoms with Crippen LogP contribution in [0.15, 0.2) is 48.5 Å². The van der Waals surface area contributed by atoms with Crippen molar-refractivity contribution >= 4 is 11.8 Å². The number of aromatic hydroxyl groups is 1. The van der Waals surface area contributed by atoms with Crippen LogP contribution in [0.3, 0.4) is 0 Å². The molecule has 7 heteroatoms. The van der Waals surface area contributed by atoms with E-state index in [1.54, 1.807) is 19.1 Å². The van der Waals surface area contributed by atoms with Gasteiger partial charge in [0.1, 0.15) is 5.75 Å². The Balaban J connectivity index is 1.59. The molecule has 0 radical (unpaired) electrons. The highest BCUT2D eigenvalue weighted by Gasteiger charge is 2.35. The van der Waals surface area contributed by atoms with E-state index in [0.717, 1.165) is 11.1 Å². The molecule has 0 spiro atoms. The minimum atomic E-state index is -1.87. The van der Waals surface area contributed by atoms with E-state index in [0.29, 0.717) is 18.7 Å². The molecule has 7 nitrogen and oxygen atoms in total. The van der Waals surface area contributed by atoms with E-state index in [4.69, 9.17) is 0 Å². The fraction of sp³-hybridized carbons (Fsp3) is 0.300. The molecule has 1 aliphatic heterocycles. The van der Waals surface area contributed by atoms with Crippen LogP contribution >= 0.6 is 0 Å². The number of rotatable bonds is 5. The lowest BCUT2D eigenvalue weighted by Crippen LogP contribution is -2.50. The van der Waals surface area contributed by atoms with Gasteiger partial charge in [-0.2, -0.15) is 0 Å². The normalized spacial score (nSPS) is 16.3. The number of hydrogen-bond acceptors (Lipinski definition) is 5. The van der Waals surface area contributed by atoms with Crippen molar-refractivity contribution in [1.29, 1.82) is 0 Å². The summed E-state index contributed by atoms with van der Waals surface area (Å²) < 4.78 is 0. The summed E-state index contributed by atoms with van der Waals surface area (Å²) in [6.45, 7) is 2.37. The van der Waals surface area contributed by atoms with Crippen LogP contribution < -0.4 is 5.32 Å². The van der Waals surface area contributed by atoms with Crippen LogP contribution in [-0.4, -0.2) is 44.2 Å². The van der Waals surface area contributed by atoms with Crippen molar-refractivity contribution in [2.45, 2.75) is 38.3 Å². The summed E-state index contributed by atoms with van der Waals surface area (Å²) in [5.41, 5.74) is 2.68. The molecule has 4 N–H and O–H groups in total. The van der Waals surface area contributed by atoms with E-state index in [1.165, 1.54) is 17.0 Å². The standard InChI is InChI=1S/C20H22N2O5/c1-12(13-6-8-16(23)9-7-13)21-19(26)17(24)18(25)20(27)22-10-14-4-2-3-5-15(14)11-22/h2-9,12,17-18,23-25H,10-11H2,1H3,(H,21,26)/t12-,17+,18+/m0/s1. The maximum Gasteiger partial charge on any atom is 0.255 e. The molecule has 3 rings (SSSR count). The number of nitrogens with zero attached hydrogens (tertiary/aromatic N) is 1. The number of phenols is 1. The summed E-state index contributed by atoms with van der Waals surface area (Å²) in [6, 6.07) is 13.3. The van der Waals surface area contributed by atoms with Gasteiger partial charge in [-0.05, 0) is 35.7 Å². The summed E-state index contributed by atoms with van der Waals surface area (Å²) in [5, 5.41) is 32.2. The number of aliphatic hydroxyl groups is 2. The van der Waals surface area contributed by atoms with Gasteiger partial charge in [-0.15, -0.1) is 0 Å². The molecule has 0 saturated heterocycles. The van der Waals surface area contributed by atoms with Crippen LogP contribution in [0.1, 0.15) is 29.7 Å². The zero-order valence-corrected chi connectivity index (χ0v) is 14.9. The van der Waals surface area contributed by atoms with Gasteiger partial charge in [-0.25, -0.2) is 0 Å². The Bertz CT molecular complexity index is 812. The SMILES string of the molecule is C[C@H](NC(=O)[C@H](O)[C@@H](O)C(=O)N1Cc2ccccc2C1)c1ccc(O)cc1. The molecule has 2 aromatic rings. The summed E-state index contributed by atoms with van der Waals surface area (Å²) in [7, 11) is 0. The van der Waals surface area contributed by atoms with Crippen molar-refractivity contribution in [1.82, 2.24) is 10.2 Å². The first-order valence-electron chi connectivity index (χ1n) is 8.68. The number of hydrogen-bond donors (Lipinski definition) is 4. The first-order chi connectivity index (χ1) is 12.9. The van der Waals surface area contributed by atoms with Crippen molar-refractivity contribution in [3.05, 3.63) is 65.2 Å². The third kappa shape index (κ3) is 4.10. The Hall–Kier alpha value is -2.90. The van der Waals surface area contributed by atoms with Crippen molar-refractivity contribution in [3.8, 4) is 5.75 Å². The lowest BCUT2D eigenvalue weighted by atomic mass is 10.1. The van der Waals surface area contributed by atoms with E-state index < -0.39 is 30.1 Å². The quantitative estimate of drug-likeness (QED) is 0.623. The monoisotopic (exact) mass is 370 g/mol. The van der Waals surface area contributed by atoms with Gasteiger partial charge in [0.15, 0.2) is 12.2 Å². The minimum absolute atomic E-state index is 0.102. The summed E-state index contributed by atoms with van der Waals surface area (Å²) in [5.74, 6) is -1.43. The topological polar surface area (TPSA) is 110 Å². The van der Waals surface area contributed by atoms with Crippen LogP contribution in [0.4, 0.5) is 0 Å². The fourth-order valence-electron chi connectivity index (χ4n) is 3.10. The minimum Gasteiger partial charge on any atom is -0.508 e. The van der Waals surface area contributed by atoms with E-state index in [2.05, 4.69) is 5.32 Å². The number of fused-ring (bicyclic) bond motifs is 1. The maximum atomic E-state index is 12.5. The zero-order chi connectivity index (χ0) is 19.6. The van der Waals surface area contributed by atoms with Crippen molar-refractivity contribution in [2.24, 2.45) is 0 Å². The van der Waals surface area contributed by atoms with Crippen molar-refractivity contribution in [2.75, 3.05) is 0 Å². The molecule has 0 unspecified atom stereocenters. The highest BCUT2D eigenvalue weighted by atomic mass is 16.3. The Morgan fingerprint density at radius 3 is 2.07 bits per heavy atom. The molecule has 1 heterocycles. The third-order valence-corrected chi connectivity index (χ3v) is 4.73. The number of nitrogens with one attached hydrogen (secondary N) is 1. The van der Waals surface area contributed by atoms with Crippen molar-refractivity contribution in [3.63, 3.8) is 0 Å². The second-order valence-electron chi connectivity index (χ2n) is 6.67. The maximum absolute atomic E-state index is 12.5. The van der Waals surface area contributed by atoms with Crippen LogP contribution in [0, 0.1) is 0 Å². The Labute approximate surface area is 156 Å². The fourth-order valence-corrected chi connectivity index (χ4v) is 3.10. The predicted octanol–water partition coefficient (Wildman–Crippen LogP) is 0.834. The van der Waals surface area contributed by atoms with Gasteiger partial charge in [0.2, 0.25) is 0 Å². The average molecular weight is 370 g/mol. The Morgan fingerprint density at radius 2 is 1.52 bits per heavy atom. The molecule has 1 aliphatic rings. The third-order valence-electron chi connectivity index (χ3n) is 4.73. The molecular weight excluding hydrogens is 348 g/mol. The first kappa shape index (κ1) is 18.9. The second-order valence-corrected chi connectivity index (χ2v) is 6.67. The largest absolute Gasteiger partial charge is 0.508 e.